The van der Waals surface area contributed by atoms with Gasteiger partial charge in [-0.05, 0) is 37.3 Å². The van der Waals surface area contributed by atoms with Crippen LogP contribution in [-0.4, -0.2) is 42.3 Å². The van der Waals surface area contributed by atoms with Crippen LogP contribution in [0.2, 0.25) is 0 Å². The minimum Gasteiger partial charge on any atom is -0.332 e. The average molecular weight is 369 g/mol. The first kappa shape index (κ1) is 18.6. The second kappa shape index (κ2) is 7.57. The summed E-state index contributed by atoms with van der Waals surface area (Å²) in [4.78, 5) is 40.2. The minimum absolute atomic E-state index is 0.155. The minimum atomic E-state index is -0.514. The summed E-state index contributed by atoms with van der Waals surface area (Å²) in [5, 5.41) is 2.79. The summed E-state index contributed by atoms with van der Waals surface area (Å²) < 4.78 is 13.4. The molecule has 0 saturated carbocycles. The zero-order chi connectivity index (χ0) is 19.6. The molecule has 2 aromatic rings. The Hall–Kier alpha value is -3.22. The summed E-state index contributed by atoms with van der Waals surface area (Å²) in [5.41, 5.74) is 1.32. The van der Waals surface area contributed by atoms with Crippen molar-refractivity contribution in [2.24, 2.45) is 0 Å². The van der Waals surface area contributed by atoms with Gasteiger partial charge in [-0.15, -0.1) is 0 Å². The van der Waals surface area contributed by atoms with Gasteiger partial charge in [0, 0.05) is 25.1 Å². The van der Waals surface area contributed by atoms with E-state index >= 15 is 0 Å². The first-order valence-electron chi connectivity index (χ1n) is 8.59. The van der Waals surface area contributed by atoms with Gasteiger partial charge in [-0.1, -0.05) is 18.2 Å². The van der Waals surface area contributed by atoms with Gasteiger partial charge in [0.2, 0.25) is 11.8 Å². The highest BCUT2D eigenvalue weighted by atomic mass is 19.1. The van der Waals surface area contributed by atoms with Crippen molar-refractivity contribution in [3.8, 4) is 0 Å². The fourth-order valence-electron chi connectivity index (χ4n) is 3.16. The number of rotatable bonds is 3. The van der Waals surface area contributed by atoms with Crippen molar-refractivity contribution in [3.05, 3.63) is 59.9 Å². The van der Waals surface area contributed by atoms with E-state index in [4.69, 9.17) is 0 Å². The standard InChI is InChI=1S/C20H20FN3O3/c1-13-10-18(25)22-16-8-3-4-9-17(16)24(13)19(26)12-23(2)20(27)14-6-5-7-15(21)11-14/h3-9,11,13H,10,12H2,1-2H3,(H,22,25)/t13-/m0/s1. The quantitative estimate of drug-likeness (QED) is 0.904. The molecule has 140 valence electrons. The van der Waals surface area contributed by atoms with Crippen molar-refractivity contribution in [2.75, 3.05) is 23.8 Å². The number of benzene rings is 2. The van der Waals surface area contributed by atoms with Crippen LogP contribution in [0, 0.1) is 5.82 Å². The lowest BCUT2D eigenvalue weighted by Gasteiger charge is -2.29. The average Bonchev–Trinajstić information content (AvgIpc) is 2.75. The van der Waals surface area contributed by atoms with Crippen molar-refractivity contribution in [1.82, 2.24) is 4.90 Å². The van der Waals surface area contributed by atoms with Gasteiger partial charge in [-0.25, -0.2) is 4.39 Å². The number of halogens is 1. The lowest BCUT2D eigenvalue weighted by Crippen LogP contribution is -2.45. The Balaban J connectivity index is 1.82. The zero-order valence-corrected chi connectivity index (χ0v) is 15.1. The van der Waals surface area contributed by atoms with Gasteiger partial charge in [-0.2, -0.15) is 0 Å². The van der Waals surface area contributed by atoms with Gasteiger partial charge >= 0.3 is 0 Å². The van der Waals surface area contributed by atoms with Gasteiger partial charge in [-0.3, -0.25) is 14.4 Å². The Morgan fingerprint density at radius 2 is 1.96 bits per heavy atom. The van der Waals surface area contributed by atoms with E-state index in [1.807, 2.05) is 0 Å². The van der Waals surface area contributed by atoms with Gasteiger partial charge < -0.3 is 15.1 Å². The van der Waals surface area contributed by atoms with Crippen molar-refractivity contribution in [2.45, 2.75) is 19.4 Å². The van der Waals surface area contributed by atoms with Crippen molar-refractivity contribution in [1.29, 1.82) is 0 Å². The van der Waals surface area contributed by atoms with Crippen LogP contribution in [0.25, 0.3) is 0 Å². The molecule has 0 saturated heterocycles. The summed E-state index contributed by atoms with van der Waals surface area (Å²) in [7, 11) is 1.49. The largest absolute Gasteiger partial charge is 0.332 e. The molecule has 0 bridgehead atoms. The fraction of sp³-hybridized carbons (Fsp3) is 0.250. The molecule has 0 aliphatic carbocycles. The van der Waals surface area contributed by atoms with Crippen molar-refractivity contribution >= 4 is 29.1 Å². The Labute approximate surface area is 156 Å². The van der Waals surface area contributed by atoms with E-state index in [2.05, 4.69) is 5.32 Å². The summed E-state index contributed by atoms with van der Waals surface area (Å²) in [6, 6.07) is 12.0. The van der Waals surface area contributed by atoms with Gasteiger partial charge in [0.25, 0.3) is 5.91 Å². The number of hydrogen-bond acceptors (Lipinski definition) is 3. The van der Waals surface area contributed by atoms with E-state index in [1.54, 1.807) is 31.2 Å². The van der Waals surface area contributed by atoms with Crippen molar-refractivity contribution in [3.63, 3.8) is 0 Å². The Morgan fingerprint density at radius 1 is 1.22 bits per heavy atom. The maximum absolute atomic E-state index is 13.4. The predicted molar refractivity (Wildman–Crippen MR) is 100.0 cm³/mol. The first-order valence-corrected chi connectivity index (χ1v) is 8.59. The molecular weight excluding hydrogens is 349 g/mol. The van der Waals surface area contributed by atoms with Gasteiger partial charge in [0.15, 0.2) is 0 Å². The topological polar surface area (TPSA) is 69.7 Å². The number of para-hydroxylation sites is 2. The maximum atomic E-state index is 13.4. The van der Waals surface area contributed by atoms with Gasteiger partial charge in [0.1, 0.15) is 12.4 Å². The molecule has 1 heterocycles. The summed E-state index contributed by atoms with van der Waals surface area (Å²) in [5.74, 6) is -1.46. The molecule has 0 fully saturated rings. The molecule has 0 radical (unpaired) electrons. The number of likely N-dealkylation sites (N-methyl/N-ethyl adjacent to an activating group) is 1. The Bertz CT molecular complexity index is 900. The number of carbonyl (C=O) groups excluding carboxylic acids is 3. The molecule has 3 rings (SSSR count). The lowest BCUT2D eigenvalue weighted by atomic mass is 10.1. The lowest BCUT2D eigenvalue weighted by molar-refractivity contribution is -0.119. The summed E-state index contributed by atoms with van der Waals surface area (Å²) >= 11 is 0. The molecule has 0 unspecified atom stereocenters. The van der Waals surface area contributed by atoms with Crippen LogP contribution >= 0.6 is 0 Å². The van der Waals surface area contributed by atoms with Crippen LogP contribution in [0.15, 0.2) is 48.5 Å². The van der Waals surface area contributed by atoms with Crippen LogP contribution in [0.1, 0.15) is 23.7 Å². The van der Waals surface area contributed by atoms with E-state index in [1.165, 1.54) is 35.0 Å². The van der Waals surface area contributed by atoms with E-state index < -0.39 is 11.7 Å². The third-order valence-electron chi connectivity index (χ3n) is 4.42. The number of amides is 3. The number of nitrogens with one attached hydrogen (secondary N) is 1. The van der Waals surface area contributed by atoms with Crippen LogP contribution in [0.4, 0.5) is 15.8 Å². The molecule has 27 heavy (non-hydrogen) atoms. The van der Waals surface area contributed by atoms with E-state index in [9.17, 15) is 18.8 Å². The highest BCUT2D eigenvalue weighted by Crippen LogP contribution is 2.31. The zero-order valence-electron chi connectivity index (χ0n) is 15.1. The summed E-state index contributed by atoms with van der Waals surface area (Å²) in [6.07, 6.45) is 0.155. The fourth-order valence-corrected chi connectivity index (χ4v) is 3.16. The van der Waals surface area contributed by atoms with Crippen LogP contribution in [0.3, 0.4) is 0 Å². The molecule has 1 aliphatic rings. The number of nitrogens with zero attached hydrogens (tertiary/aromatic N) is 2. The molecule has 1 N–H and O–H groups in total. The Morgan fingerprint density at radius 3 is 2.70 bits per heavy atom. The number of anilines is 2. The number of fused-ring (bicyclic) bond motifs is 1. The number of hydrogen-bond donors (Lipinski definition) is 1. The van der Waals surface area contributed by atoms with Gasteiger partial charge in [0.05, 0.1) is 11.4 Å². The first-order chi connectivity index (χ1) is 12.9. The van der Waals surface area contributed by atoms with E-state index in [0.717, 1.165) is 6.07 Å². The van der Waals surface area contributed by atoms with Crippen LogP contribution in [-0.2, 0) is 9.59 Å². The van der Waals surface area contributed by atoms with E-state index in [0.29, 0.717) is 11.4 Å². The molecule has 2 aromatic carbocycles. The predicted octanol–water partition coefficient (Wildman–Crippen LogP) is 2.66. The molecule has 1 atom stereocenters. The molecule has 3 amide bonds. The molecule has 0 aromatic heterocycles. The second-order valence-corrected chi connectivity index (χ2v) is 6.55. The Kier molecular flexibility index (Phi) is 5.21. The normalized spacial score (nSPS) is 16.2. The molecule has 6 nitrogen and oxygen atoms in total. The smallest absolute Gasteiger partial charge is 0.254 e. The number of carbonyl (C=O) groups is 3. The summed E-state index contributed by atoms with van der Waals surface area (Å²) in [6.45, 7) is 1.59. The third-order valence-corrected chi connectivity index (χ3v) is 4.42. The van der Waals surface area contributed by atoms with Crippen LogP contribution < -0.4 is 10.2 Å². The monoisotopic (exact) mass is 369 g/mol. The second-order valence-electron chi connectivity index (χ2n) is 6.55. The molecular formula is C20H20FN3O3. The molecule has 1 aliphatic heterocycles. The highest BCUT2D eigenvalue weighted by molar-refractivity contribution is 6.06. The SMILES string of the molecule is C[C@H]1CC(=O)Nc2ccccc2N1C(=O)CN(C)C(=O)c1cccc(F)c1. The molecule has 7 heteroatoms. The maximum Gasteiger partial charge on any atom is 0.254 e. The highest BCUT2D eigenvalue weighted by Gasteiger charge is 2.30. The van der Waals surface area contributed by atoms with Crippen molar-refractivity contribution < 1.29 is 18.8 Å². The van der Waals surface area contributed by atoms with E-state index in [-0.39, 0.29) is 36.4 Å². The molecule has 0 spiro atoms. The van der Waals surface area contributed by atoms with Crippen LogP contribution in [0.5, 0.6) is 0 Å². The third kappa shape index (κ3) is 3.97.